The van der Waals surface area contributed by atoms with Crippen LogP contribution in [0.4, 0.5) is 4.39 Å². The van der Waals surface area contributed by atoms with E-state index in [0.29, 0.717) is 21.9 Å². The van der Waals surface area contributed by atoms with Gasteiger partial charge >= 0.3 is 0 Å². The lowest BCUT2D eigenvalue weighted by Gasteiger charge is -2.30. The van der Waals surface area contributed by atoms with Gasteiger partial charge in [-0.3, -0.25) is 4.79 Å². The van der Waals surface area contributed by atoms with Gasteiger partial charge in [0.1, 0.15) is 5.82 Å². The second-order valence-electron chi connectivity index (χ2n) is 4.29. The van der Waals surface area contributed by atoms with E-state index in [1.807, 2.05) is 0 Å². The van der Waals surface area contributed by atoms with Crippen molar-refractivity contribution in [2.24, 2.45) is 0 Å². The Morgan fingerprint density at radius 2 is 2.16 bits per heavy atom. The third kappa shape index (κ3) is 2.77. The van der Waals surface area contributed by atoms with E-state index < -0.39 is 11.9 Å². The Bertz CT molecular complexity index is 600. The molecule has 1 heterocycles. The summed E-state index contributed by atoms with van der Waals surface area (Å²) in [4.78, 5) is 11.8. The summed E-state index contributed by atoms with van der Waals surface area (Å²) in [5, 5.41) is 6.56. The molecule has 0 spiro atoms. The van der Waals surface area contributed by atoms with Gasteiger partial charge in [0.05, 0.1) is 6.04 Å². The lowest BCUT2D eigenvalue weighted by atomic mass is 9.93. The van der Waals surface area contributed by atoms with Gasteiger partial charge in [-0.15, -0.1) is 0 Å². The zero-order valence-corrected chi connectivity index (χ0v) is 12.0. The van der Waals surface area contributed by atoms with Crippen LogP contribution in [0, 0.1) is 5.82 Å². The van der Waals surface area contributed by atoms with Gasteiger partial charge in [0.2, 0.25) is 0 Å². The van der Waals surface area contributed by atoms with E-state index in [9.17, 15) is 9.18 Å². The molecular weight excluding hydrogens is 287 g/mol. The highest BCUT2D eigenvalue weighted by Gasteiger charge is 2.29. The van der Waals surface area contributed by atoms with Crippen LogP contribution in [-0.2, 0) is 4.79 Å². The van der Waals surface area contributed by atoms with Gasteiger partial charge in [0, 0.05) is 16.3 Å². The Hall–Kier alpha value is -1.46. The molecule has 0 aliphatic carbocycles. The summed E-state index contributed by atoms with van der Waals surface area (Å²) in [6.45, 7) is 3.25. The summed E-state index contributed by atoms with van der Waals surface area (Å²) >= 11 is 11.1. The minimum absolute atomic E-state index is 0.0922. The highest BCUT2D eigenvalue weighted by molar-refractivity contribution is 7.80. The summed E-state index contributed by atoms with van der Waals surface area (Å²) in [6, 6.07) is 3.62. The Kier molecular flexibility index (Phi) is 3.87. The fourth-order valence-electron chi connectivity index (χ4n) is 2.13. The van der Waals surface area contributed by atoms with Crippen molar-refractivity contribution in [2.75, 3.05) is 0 Å². The summed E-state index contributed by atoms with van der Waals surface area (Å²) < 4.78 is 13.1. The first-order valence-corrected chi connectivity index (χ1v) is 6.43. The summed E-state index contributed by atoms with van der Waals surface area (Å²) in [7, 11) is 0. The molecule has 19 heavy (non-hydrogen) atoms. The molecule has 2 N–H and O–H groups in total. The molecule has 6 heteroatoms. The first-order valence-electron chi connectivity index (χ1n) is 5.64. The maximum absolute atomic E-state index is 13.1. The van der Waals surface area contributed by atoms with Gasteiger partial charge in [-0.2, -0.15) is 0 Å². The van der Waals surface area contributed by atoms with E-state index in [4.69, 9.17) is 23.8 Å². The predicted octanol–water partition coefficient (Wildman–Crippen LogP) is 2.86. The maximum atomic E-state index is 13.1. The summed E-state index contributed by atoms with van der Waals surface area (Å²) in [6.07, 6.45) is 0. The minimum Gasteiger partial charge on any atom is -0.351 e. The van der Waals surface area contributed by atoms with Crippen LogP contribution in [0.15, 0.2) is 29.5 Å². The molecule has 0 amide bonds. The molecule has 1 aliphatic rings. The summed E-state index contributed by atoms with van der Waals surface area (Å²) in [5.41, 5.74) is 1.85. The standard InChI is InChI=1S/C13H12ClFN2OS/c1-6-11(7(2)18)12(17-13(19)16-6)9-4-3-8(15)5-10(9)14/h3-5,12H,1-2H3,(H2,16,17,19). The van der Waals surface area contributed by atoms with Gasteiger partial charge in [-0.05, 0) is 43.8 Å². The number of halogens is 2. The number of rotatable bonds is 2. The molecule has 100 valence electrons. The SMILES string of the molecule is CC(=O)C1=C(C)NC(=S)NC1c1ccc(F)cc1Cl. The number of thiocarbonyl (C=S) groups is 1. The molecule has 1 unspecified atom stereocenters. The number of benzene rings is 1. The highest BCUT2D eigenvalue weighted by Crippen LogP contribution is 2.32. The molecule has 3 nitrogen and oxygen atoms in total. The van der Waals surface area contributed by atoms with E-state index >= 15 is 0 Å². The number of ketones is 1. The number of Topliss-reactive ketones (excluding diaryl/α,β-unsaturated/α-hetero) is 1. The van der Waals surface area contributed by atoms with Crippen LogP contribution in [0.5, 0.6) is 0 Å². The number of nitrogens with one attached hydrogen (secondary N) is 2. The highest BCUT2D eigenvalue weighted by atomic mass is 35.5. The fourth-order valence-corrected chi connectivity index (χ4v) is 2.68. The molecule has 1 aromatic carbocycles. The van der Waals surface area contributed by atoms with Crippen LogP contribution in [0.1, 0.15) is 25.5 Å². The molecule has 0 radical (unpaired) electrons. The Morgan fingerprint density at radius 1 is 1.47 bits per heavy atom. The van der Waals surface area contributed by atoms with Crippen LogP contribution in [0.3, 0.4) is 0 Å². The quantitative estimate of drug-likeness (QED) is 0.824. The van der Waals surface area contributed by atoms with E-state index in [2.05, 4.69) is 10.6 Å². The average Bonchev–Trinajstić information content (AvgIpc) is 2.26. The monoisotopic (exact) mass is 298 g/mol. The minimum atomic E-state index is -0.459. The topological polar surface area (TPSA) is 41.1 Å². The Morgan fingerprint density at radius 3 is 2.74 bits per heavy atom. The maximum Gasteiger partial charge on any atom is 0.171 e. The molecule has 0 saturated heterocycles. The molecule has 1 atom stereocenters. The van der Waals surface area contributed by atoms with Crippen molar-refractivity contribution >= 4 is 34.7 Å². The first kappa shape index (κ1) is 14.0. The van der Waals surface area contributed by atoms with Gasteiger partial charge < -0.3 is 10.6 Å². The predicted molar refractivity (Wildman–Crippen MR) is 76.4 cm³/mol. The van der Waals surface area contributed by atoms with Crippen LogP contribution in [0.2, 0.25) is 5.02 Å². The lowest BCUT2D eigenvalue weighted by Crippen LogP contribution is -2.44. The van der Waals surface area contributed by atoms with Gasteiger partial charge in [-0.25, -0.2) is 4.39 Å². The average molecular weight is 299 g/mol. The van der Waals surface area contributed by atoms with Crippen molar-refractivity contribution in [1.29, 1.82) is 0 Å². The van der Waals surface area contributed by atoms with E-state index in [1.165, 1.54) is 19.1 Å². The zero-order chi connectivity index (χ0) is 14.2. The van der Waals surface area contributed by atoms with Crippen molar-refractivity contribution in [3.8, 4) is 0 Å². The zero-order valence-electron chi connectivity index (χ0n) is 10.4. The van der Waals surface area contributed by atoms with Crippen LogP contribution in [-0.4, -0.2) is 10.9 Å². The van der Waals surface area contributed by atoms with E-state index in [0.717, 1.165) is 0 Å². The van der Waals surface area contributed by atoms with Crippen LogP contribution < -0.4 is 10.6 Å². The Labute approximate surface area is 120 Å². The summed E-state index contributed by atoms with van der Waals surface area (Å²) in [5.74, 6) is -0.513. The second kappa shape index (κ2) is 5.27. The molecular formula is C13H12ClFN2OS. The molecule has 0 aromatic heterocycles. The van der Waals surface area contributed by atoms with Crippen molar-refractivity contribution in [1.82, 2.24) is 10.6 Å². The normalized spacial score (nSPS) is 18.9. The Balaban J connectivity index is 2.55. The van der Waals surface area contributed by atoms with Gasteiger partial charge in [0.15, 0.2) is 10.9 Å². The molecule has 1 aliphatic heterocycles. The van der Waals surface area contributed by atoms with Crippen molar-refractivity contribution in [2.45, 2.75) is 19.9 Å². The van der Waals surface area contributed by atoms with Crippen LogP contribution >= 0.6 is 23.8 Å². The lowest BCUT2D eigenvalue weighted by molar-refractivity contribution is -0.114. The van der Waals surface area contributed by atoms with Crippen molar-refractivity contribution in [3.05, 3.63) is 45.9 Å². The van der Waals surface area contributed by atoms with Gasteiger partial charge in [0.25, 0.3) is 0 Å². The number of hydrogen-bond donors (Lipinski definition) is 2. The third-order valence-corrected chi connectivity index (χ3v) is 3.47. The molecule has 2 rings (SSSR count). The number of carbonyl (C=O) groups excluding carboxylic acids is 1. The first-order chi connectivity index (χ1) is 8.90. The second-order valence-corrected chi connectivity index (χ2v) is 5.11. The molecule has 0 bridgehead atoms. The van der Waals surface area contributed by atoms with Crippen molar-refractivity contribution in [3.63, 3.8) is 0 Å². The van der Waals surface area contributed by atoms with Gasteiger partial charge in [-0.1, -0.05) is 17.7 Å². The molecule has 1 aromatic rings. The largest absolute Gasteiger partial charge is 0.351 e. The van der Waals surface area contributed by atoms with E-state index in [-0.39, 0.29) is 10.8 Å². The van der Waals surface area contributed by atoms with E-state index in [1.54, 1.807) is 13.0 Å². The molecule has 0 fully saturated rings. The number of hydrogen-bond acceptors (Lipinski definition) is 2. The molecule has 0 saturated carbocycles. The van der Waals surface area contributed by atoms with Crippen LogP contribution in [0.25, 0.3) is 0 Å². The third-order valence-electron chi connectivity index (χ3n) is 2.92. The number of carbonyl (C=O) groups is 1. The van der Waals surface area contributed by atoms with Crippen molar-refractivity contribution < 1.29 is 9.18 Å². The smallest absolute Gasteiger partial charge is 0.171 e. The fraction of sp³-hybridized carbons (Fsp3) is 0.231. The number of allylic oxidation sites excluding steroid dienone is 1.